The molecule has 0 heterocycles. The number of Topliss-reactive ketones (excluding diaryl/α,β-unsaturated/α-hetero) is 1. The predicted octanol–water partition coefficient (Wildman–Crippen LogP) is 2.19. The molecule has 1 aromatic carbocycles. The van der Waals surface area contributed by atoms with Crippen LogP contribution in [0.5, 0.6) is 0 Å². The molecule has 0 bridgehead atoms. The number of alkyl halides is 2. The fourth-order valence-corrected chi connectivity index (χ4v) is 1.57. The molecule has 0 aliphatic heterocycles. The minimum Gasteiger partial charge on any atom is -0.466 e. The Hall–Kier alpha value is -1.82. The van der Waals surface area contributed by atoms with Gasteiger partial charge in [0.15, 0.2) is 0 Å². The highest BCUT2D eigenvalue weighted by atomic mass is 19.3. The quantitative estimate of drug-likeness (QED) is 0.643. The number of benzene rings is 1. The summed E-state index contributed by atoms with van der Waals surface area (Å²) in [4.78, 5) is 22.5. The molecule has 20 heavy (non-hydrogen) atoms. The normalized spacial score (nSPS) is 12.8. The largest absolute Gasteiger partial charge is 0.466 e. The van der Waals surface area contributed by atoms with Crippen molar-refractivity contribution in [3.63, 3.8) is 0 Å². The van der Waals surface area contributed by atoms with E-state index in [0.29, 0.717) is 0 Å². The van der Waals surface area contributed by atoms with Gasteiger partial charge in [0, 0.05) is 0 Å². The fourth-order valence-electron chi connectivity index (χ4n) is 1.57. The van der Waals surface area contributed by atoms with Crippen molar-refractivity contribution in [1.82, 2.24) is 0 Å². The lowest BCUT2D eigenvalue weighted by molar-refractivity contribution is -0.166. The molecular weight excluding hydrogens is 270 g/mol. The molecule has 1 rings (SSSR count). The Kier molecular flexibility index (Phi) is 5.33. The number of hydrogen-bond acceptors (Lipinski definition) is 4. The van der Waals surface area contributed by atoms with Crippen LogP contribution in [0.3, 0.4) is 0 Å². The van der Waals surface area contributed by atoms with E-state index in [1.54, 1.807) is 19.1 Å². The summed E-state index contributed by atoms with van der Waals surface area (Å²) < 4.78 is 32.0. The second-order valence-corrected chi connectivity index (χ2v) is 4.34. The van der Waals surface area contributed by atoms with Crippen molar-refractivity contribution < 1.29 is 28.2 Å². The molecule has 0 aliphatic carbocycles. The third-order valence-electron chi connectivity index (χ3n) is 2.72. The van der Waals surface area contributed by atoms with Crippen molar-refractivity contribution in [1.29, 1.82) is 0 Å². The first kappa shape index (κ1) is 16.2. The first-order valence-corrected chi connectivity index (χ1v) is 6.10. The Morgan fingerprint density at radius 3 is 2.35 bits per heavy atom. The van der Waals surface area contributed by atoms with Crippen LogP contribution in [-0.4, -0.2) is 29.4 Å². The average Bonchev–Trinajstić information content (AvgIpc) is 2.38. The van der Waals surface area contributed by atoms with Crippen molar-refractivity contribution in [3.05, 3.63) is 35.4 Å². The zero-order valence-electron chi connectivity index (χ0n) is 11.2. The Morgan fingerprint density at radius 1 is 1.30 bits per heavy atom. The molecule has 1 atom stereocenters. The Labute approximate surface area is 115 Å². The maximum Gasteiger partial charge on any atom is 0.335 e. The summed E-state index contributed by atoms with van der Waals surface area (Å²) in [6, 6.07) is 5.71. The number of carbonyl (C=O) groups is 2. The average molecular weight is 286 g/mol. The lowest BCUT2D eigenvalue weighted by atomic mass is 9.98. The van der Waals surface area contributed by atoms with E-state index in [4.69, 9.17) is 0 Å². The van der Waals surface area contributed by atoms with Gasteiger partial charge < -0.3 is 9.84 Å². The lowest BCUT2D eigenvalue weighted by Gasteiger charge is -2.21. The van der Waals surface area contributed by atoms with E-state index in [-0.39, 0.29) is 12.2 Å². The van der Waals surface area contributed by atoms with Crippen LogP contribution < -0.4 is 0 Å². The van der Waals surface area contributed by atoms with Gasteiger partial charge in [0.05, 0.1) is 6.61 Å². The van der Waals surface area contributed by atoms with E-state index in [0.717, 1.165) is 5.56 Å². The zero-order chi connectivity index (χ0) is 15.3. The van der Waals surface area contributed by atoms with Crippen LogP contribution in [0.1, 0.15) is 30.6 Å². The first-order chi connectivity index (χ1) is 9.28. The van der Waals surface area contributed by atoms with Gasteiger partial charge in [0.1, 0.15) is 12.5 Å². The third-order valence-corrected chi connectivity index (χ3v) is 2.72. The molecule has 0 saturated carbocycles. The van der Waals surface area contributed by atoms with Crippen LogP contribution >= 0.6 is 0 Å². The Morgan fingerprint density at radius 2 is 1.85 bits per heavy atom. The number of esters is 1. The SMILES string of the molecule is CCOC(=O)CC(=O)C(F)(F)C(O)c1ccc(C)cc1. The van der Waals surface area contributed by atoms with Crippen LogP contribution in [0.25, 0.3) is 0 Å². The van der Waals surface area contributed by atoms with Gasteiger partial charge in [-0.15, -0.1) is 0 Å². The Balaban J connectivity index is 2.83. The third kappa shape index (κ3) is 3.84. The molecule has 0 radical (unpaired) electrons. The lowest BCUT2D eigenvalue weighted by Crippen LogP contribution is -2.37. The van der Waals surface area contributed by atoms with Crippen LogP contribution in [0.4, 0.5) is 8.78 Å². The molecule has 4 nitrogen and oxygen atoms in total. The molecular formula is C14H16F2O4. The van der Waals surface area contributed by atoms with E-state index in [2.05, 4.69) is 4.74 Å². The van der Waals surface area contributed by atoms with Crippen molar-refractivity contribution in [3.8, 4) is 0 Å². The van der Waals surface area contributed by atoms with Crippen LogP contribution in [0.2, 0.25) is 0 Å². The molecule has 0 saturated heterocycles. The van der Waals surface area contributed by atoms with Crippen molar-refractivity contribution >= 4 is 11.8 Å². The van der Waals surface area contributed by atoms with E-state index in [1.165, 1.54) is 19.1 Å². The van der Waals surface area contributed by atoms with Gasteiger partial charge in [-0.25, -0.2) is 0 Å². The van der Waals surface area contributed by atoms with Gasteiger partial charge in [-0.3, -0.25) is 9.59 Å². The molecule has 110 valence electrons. The van der Waals surface area contributed by atoms with Crippen molar-refractivity contribution in [2.75, 3.05) is 6.61 Å². The summed E-state index contributed by atoms with van der Waals surface area (Å²) in [5.41, 5.74) is 0.750. The van der Waals surface area contributed by atoms with E-state index < -0.39 is 30.2 Å². The molecule has 0 fully saturated rings. The van der Waals surface area contributed by atoms with Gasteiger partial charge in [0.2, 0.25) is 5.78 Å². The van der Waals surface area contributed by atoms with Crippen LogP contribution in [-0.2, 0) is 14.3 Å². The zero-order valence-corrected chi connectivity index (χ0v) is 11.2. The number of aliphatic hydroxyl groups excluding tert-OH is 1. The highest BCUT2D eigenvalue weighted by molar-refractivity contribution is 5.99. The number of ether oxygens (including phenoxy) is 1. The molecule has 1 aromatic rings. The van der Waals surface area contributed by atoms with E-state index >= 15 is 0 Å². The highest BCUT2D eigenvalue weighted by Gasteiger charge is 2.47. The van der Waals surface area contributed by atoms with Gasteiger partial charge in [-0.1, -0.05) is 29.8 Å². The Bertz CT molecular complexity index is 482. The van der Waals surface area contributed by atoms with Crippen molar-refractivity contribution in [2.45, 2.75) is 32.3 Å². The van der Waals surface area contributed by atoms with Gasteiger partial charge in [-0.2, -0.15) is 8.78 Å². The predicted molar refractivity (Wildman–Crippen MR) is 67.3 cm³/mol. The summed E-state index contributed by atoms with van der Waals surface area (Å²) in [5, 5.41) is 9.63. The fraction of sp³-hybridized carbons (Fsp3) is 0.429. The second-order valence-electron chi connectivity index (χ2n) is 4.34. The maximum absolute atomic E-state index is 13.8. The number of halogens is 2. The molecule has 0 aliphatic rings. The number of rotatable bonds is 6. The van der Waals surface area contributed by atoms with Crippen LogP contribution in [0, 0.1) is 6.92 Å². The summed E-state index contributed by atoms with van der Waals surface area (Å²) in [6.45, 7) is 3.26. The van der Waals surface area contributed by atoms with Gasteiger partial charge >= 0.3 is 11.9 Å². The number of carbonyl (C=O) groups excluding carboxylic acids is 2. The molecule has 0 aromatic heterocycles. The number of ketones is 1. The monoisotopic (exact) mass is 286 g/mol. The highest BCUT2D eigenvalue weighted by Crippen LogP contribution is 2.33. The number of aryl methyl sites for hydroxylation is 1. The number of hydrogen-bond donors (Lipinski definition) is 1. The maximum atomic E-state index is 13.8. The standard InChI is InChI=1S/C14H16F2O4/c1-3-20-12(18)8-11(17)14(15,16)13(19)10-6-4-9(2)5-7-10/h4-7,13,19H,3,8H2,1-2H3. The summed E-state index contributed by atoms with van der Waals surface area (Å²) in [5.74, 6) is -6.74. The molecule has 0 spiro atoms. The first-order valence-electron chi connectivity index (χ1n) is 6.10. The van der Waals surface area contributed by atoms with E-state index in [1.807, 2.05) is 0 Å². The molecule has 0 amide bonds. The van der Waals surface area contributed by atoms with Crippen molar-refractivity contribution in [2.24, 2.45) is 0 Å². The molecule has 1 N–H and O–H groups in total. The summed E-state index contributed by atoms with van der Waals surface area (Å²) >= 11 is 0. The van der Waals surface area contributed by atoms with Gasteiger partial charge in [-0.05, 0) is 19.4 Å². The minimum absolute atomic E-state index is 0.00179. The van der Waals surface area contributed by atoms with E-state index in [9.17, 15) is 23.5 Å². The summed E-state index contributed by atoms with van der Waals surface area (Å²) in [6.07, 6.45) is -3.35. The van der Waals surface area contributed by atoms with Gasteiger partial charge in [0.25, 0.3) is 0 Å². The second kappa shape index (κ2) is 6.56. The minimum atomic E-state index is -4.04. The van der Waals surface area contributed by atoms with Crippen LogP contribution in [0.15, 0.2) is 24.3 Å². The summed E-state index contributed by atoms with van der Waals surface area (Å²) in [7, 11) is 0. The molecule has 6 heteroatoms. The topological polar surface area (TPSA) is 63.6 Å². The smallest absolute Gasteiger partial charge is 0.335 e. The molecule has 1 unspecified atom stereocenters. The number of aliphatic hydroxyl groups is 1.